The van der Waals surface area contributed by atoms with Gasteiger partial charge in [0.15, 0.2) is 5.25 Å². The molecule has 0 spiro atoms. The van der Waals surface area contributed by atoms with Gasteiger partial charge in [-0.15, -0.1) is 11.8 Å². The Morgan fingerprint density at radius 1 is 1.13 bits per heavy atom. The molecule has 156 valence electrons. The van der Waals surface area contributed by atoms with E-state index in [4.69, 9.17) is 4.74 Å². The maximum absolute atomic E-state index is 13.2. The highest BCUT2D eigenvalue weighted by Crippen LogP contribution is 2.40. The van der Waals surface area contributed by atoms with E-state index in [0.717, 1.165) is 17.7 Å². The van der Waals surface area contributed by atoms with E-state index in [2.05, 4.69) is 5.32 Å². The number of nitrogens with zero attached hydrogens (tertiary/aromatic N) is 2. The highest BCUT2D eigenvalue weighted by atomic mass is 32.2. The van der Waals surface area contributed by atoms with Crippen molar-refractivity contribution >= 4 is 40.9 Å². The van der Waals surface area contributed by atoms with Crippen molar-refractivity contribution in [2.24, 2.45) is 0 Å². The Balaban J connectivity index is 1.54. The lowest BCUT2D eigenvalue weighted by molar-refractivity contribution is -0.134. The second-order valence-corrected chi connectivity index (χ2v) is 8.35. The lowest BCUT2D eigenvalue weighted by Gasteiger charge is -2.34. The Hall–Kier alpha value is -3.00. The van der Waals surface area contributed by atoms with Crippen molar-refractivity contribution in [1.29, 1.82) is 0 Å². The van der Waals surface area contributed by atoms with E-state index in [-0.39, 0.29) is 24.3 Å². The van der Waals surface area contributed by atoms with E-state index in [0.29, 0.717) is 30.2 Å². The molecule has 0 aliphatic carbocycles. The van der Waals surface area contributed by atoms with Gasteiger partial charge in [0.2, 0.25) is 11.8 Å². The van der Waals surface area contributed by atoms with Crippen LogP contribution in [-0.4, -0.2) is 54.6 Å². The molecule has 0 saturated carbocycles. The SMILES string of the molecule is COc1cccc(NC(=O)CN2C(=O)C(C(=O)N3CCCC3)Sc3ccccc32)c1. The number of carbonyl (C=O) groups excluding carboxylic acids is 3. The van der Waals surface area contributed by atoms with Crippen LogP contribution >= 0.6 is 11.8 Å². The van der Waals surface area contributed by atoms with Crippen LogP contribution in [0.2, 0.25) is 0 Å². The molecule has 2 heterocycles. The molecule has 1 atom stereocenters. The molecule has 2 aromatic rings. The number of amides is 3. The van der Waals surface area contributed by atoms with Crippen molar-refractivity contribution in [2.75, 3.05) is 37.0 Å². The topological polar surface area (TPSA) is 79.0 Å². The van der Waals surface area contributed by atoms with Gasteiger partial charge in [0, 0.05) is 29.7 Å². The Morgan fingerprint density at radius 2 is 1.90 bits per heavy atom. The van der Waals surface area contributed by atoms with Crippen LogP contribution in [0.5, 0.6) is 5.75 Å². The van der Waals surface area contributed by atoms with E-state index < -0.39 is 5.25 Å². The summed E-state index contributed by atoms with van der Waals surface area (Å²) in [6, 6.07) is 14.4. The van der Waals surface area contributed by atoms with Crippen molar-refractivity contribution in [3.8, 4) is 5.75 Å². The van der Waals surface area contributed by atoms with Gasteiger partial charge in [0.05, 0.1) is 12.8 Å². The maximum atomic E-state index is 13.2. The molecule has 1 fully saturated rings. The fraction of sp³-hybridized carbons (Fsp3) is 0.318. The molecular weight excluding hydrogens is 402 g/mol. The highest BCUT2D eigenvalue weighted by molar-refractivity contribution is 8.01. The molecule has 2 aromatic carbocycles. The van der Waals surface area contributed by atoms with Crippen LogP contribution in [-0.2, 0) is 14.4 Å². The number of benzene rings is 2. The summed E-state index contributed by atoms with van der Waals surface area (Å²) in [5.41, 5.74) is 1.23. The standard InChI is InChI=1S/C22H23N3O4S/c1-29-16-8-6-7-15(13-16)23-19(26)14-25-17-9-2-3-10-18(17)30-20(22(25)28)21(27)24-11-4-5-12-24/h2-3,6-10,13,20H,4-5,11-12,14H2,1H3,(H,23,26). The van der Waals surface area contributed by atoms with E-state index in [1.165, 1.54) is 16.7 Å². The van der Waals surface area contributed by atoms with Crippen LogP contribution in [0, 0.1) is 0 Å². The van der Waals surface area contributed by atoms with E-state index in [1.807, 2.05) is 18.2 Å². The molecule has 30 heavy (non-hydrogen) atoms. The first-order chi connectivity index (χ1) is 14.6. The third-order valence-electron chi connectivity index (χ3n) is 5.19. The van der Waals surface area contributed by atoms with Gasteiger partial charge in [-0.25, -0.2) is 0 Å². The fourth-order valence-electron chi connectivity index (χ4n) is 3.68. The fourth-order valence-corrected chi connectivity index (χ4v) is 4.87. The lowest BCUT2D eigenvalue weighted by Crippen LogP contribution is -2.51. The second-order valence-electron chi connectivity index (χ2n) is 7.20. The van der Waals surface area contributed by atoms with Gasteiger partial charge in [-0.3, -0.25) is 14.4 Å². The summed E-state index contributed by atoms with van der Waals surface area (Å²) < 4.78 is 5.18. The van der Waals surface area contributed by atoms with Crippen LogP contribution in [0.1, 0.15) is 12.8 Å². The van der Waals surface area contributed by atoms with Gasteiger partial charge in [-0.05, 0) is 37.1 Å². The van der Waals surface area contributed by atoms with Crippen molar-refractivity contribution in [3.63, 3.8) is 0 Å². The number of anilines is 2. The minimum absolute atomic E-state index is 0.169. The minimum atomic E-state index is -0.859. The predicted molar refractivity (Wildman–Crippen MR) is 116 cm³/mol. The van der Waals surface area contributed by atoms with Crippen LogP contribution in [0.4, 0.5) is 11.4 Å². The number of methoxy groups -OCH3 is 1. The summed E-state index contributed by atoms with van der Waals surface area (Å²) in [5.74, 6) is -0.239. The van der Waals surface area contributed by atoms with E-state index >= 15 is 0 Å². The summed E-state index contributed by atoms with van der Waals surface area (Å²) in [4.78, 5) is 42.9. The first kappa shape index (κ1) is 20.3. The zero-order chi connectivity index (χ0) is 21.1. The van der Waals surface area contributed by atoms with Gasteiger partial charge < -0.3 is 19.9 Å². The van der Waals surface area contributed by atoms with E-state index in [1.54, 1.807) is 42.3 Å². The van der Waals surface area contributed by atoms with Gasteiger partial charge in [0.1, 0.15) is 12.3 Å². The number of carbonyl (C=O) groups is 3. The summed E-state index contributed by atoms with van der Waals surface area (Å²) in [7, 11) is 1.56. The number of fused-ring (bicyclic) bond motifs is 1. The largest absolute Gasteiger partial charge is 0.497 e. The Morgan fingerprint density at radius 3 is 2.67 bits per heavy atom. The Labute approximate surface area is 179 Å². The molecule has 2 aliphatic heterocycles. The molecule has 7 nitrogen and oxygen atoms in total. The predicted octanol–water partition coefficient (Wildman–Crippen LogP) is 2.76. The minimum Gasteiger partial charge on any atom is -0.497 e. The van der Waals surface area contributed by atoms with Crippen molar-refractivity contribution in [3.05, 3.63) is 48.5 Å². The molecule has 1 saturated heterocycles. The molecule has 3 amide bonds. The number of ether oxygens (including phenoxy) is 1. The summed E-state index contributed by atoms with van der Waals surface area (Å²) in [6.07, 6.45) is 1.92. The normalized spacial score (nSPS) is 18.2. The first-order valence-corrected chi connectivity index (χ1v) is 10.7. The van der Waals surface area contributed by atoms with Gasteiger partial charge in [0.25, 0.3) is 5.91 Å². The molecule has 2 aliphatic rings. The van der Waals surface area contributed by atoms with Crippen molar-refractivity contribution < 1.29 is 19.1 Å². The highest BCUT2D eigenvalue weighted by Gasteiger charge is 2.41. The monoisotopic (exact) mass is 425 g/mol. The quantitative estimate of drug-likeness (QED) is 0.746. The number of hydrogen-bond acceptors (Lipinski definition) is 5. The average molecular weight is 426 g/mol. The third-order valence-corrected chi connectivity index (χ3v) is 6.43. The first-order valence-electron chi connectivity index (χ1n) is 9.86. The van der Waals surface area contributed by atoms with E-state index in [9.17, 15) is 14.4 Å². The van der Waals surface area contributed by atoms with Crippen molar-refractivity contribution in [1.82, 2.24) is 4.90 Å². The zero-order valence-electron chi connectivity index (χ0n) is 16.7. The van der Waals surface area contributed by atoms with Crippen molar-refractivity contribution in [2.45, 2.75) is 23.0 Å². The number of para-hydroxylation sites is 1. The van der Waals surface area contributed by atoms with Gasteiger partial charge >= 0.3 is 0 Å². The smallest absolute Gasteiger partial charge is 0.250 e. The summed E-state index contributed by atoms with van der Waals surface area (Å²) >= 11 is 1.27. The second kappa shape index (κ2) is 8.79. The molecule has 0 radical (unpaired) electrons. The summed E-state index contributed by atoms with van der Waals surface area (Å²) in [6.45, 7) is 1.19. The van der Waals surface area contributed by atoms with Crippen LogP contribution in [0.25, 0.3) is 0 Å². The molecule has 0 aromatic heterocycles. The van der Waals surface area contributed by atoms with Crippen LogP contribution < -0.4 is 15.0 Å². The summed E-state index contributed by atoms with van der Waals surface area (Å²) in [5, 5.41) is 1.94. The number of rotatable bonds is 5. The molecular formula is C22H23N3O4S. The molecule has 8 heteroatoms. The van der Waals surface area contributed by atoms with Gasteiger partial charge in [-0.1, -0.05) is 18.2 Å². The molecule has 1 N–H and O–H groups in total. The molecule has 1 unspecified atom stereocenters. The third kappa shape index (κ3) is 4.14. The molecule has 0 bridgehead atoms. The Bertz CT molecular complexity index is 974. The maximum Gasteiger partial charge on any atom is 0.250 e. The lowest BCUT2D eigenvalue weighted by atomic mass is 10.2. The average Bonchev–Trinajstić information content (AvgIpc) is 3.30. The number of hydrogen-bond donors (Lipinski definition) is 1. The van der Waals surface area contributed by atoms with Crippen LogP contribution in [0.3, 0.4) is 0 Å². The van der Waals surface area contributed by atoms with Gasteiger partial charge in [-0.2, -0.15) is 0 Å². The molecule has 4 rings (SSSR count). The zero-order valence-corrected chi connectivity index (χ0v) is 17.5. The number of likely N-dealkylation sites (tertiary alicyclic amines) is 1. The Kier molecular flexibility index (Phi) is 5.94. The van der Waals surface area contributed by atoms with Crippen LogP contribution in [0.15, 0.2) is 53.4 Å². The number of thioether (sulfide) groups is 1. The number of nitrogens with one attached hydrogen (secondary N) is 1.